The first-order valence-electron chi connectivity index (χ1n) is 5.73. The van der Waals surface area contributed by atoms with Crippen molar-refractivity contribution in [2.75, 3.05) is 18.1 Å². The summed E-state index contributed by atoms with van der Waals surface area (Å²) in [5.74, 6) is 0. The summed E-state index contributed by atoms with van der Waals surface area (Å²) in [6.45, 7) is 2.56. The lowest BCUT2D eigenvalue weighted by molar-refractivity contribution is 0.179. The monoisotopic (exact) mass is 283 g/mol. The number of anilines is 1. The van der Waals surface area contributed by atoms with Crippen molar-refractivity contribution in [2.24, 2.45) is 5.73 Å². The second-order valence-corrected chi connectivity index (χ2v) is 4.28. The highest BCUT2D eigenvalue weighted by atomic mass is 35.5. The van der Waals surface area contributed by atoms with E-state index in [1.807, 2.05) is 19.1 Å². The molecule has 0 spiro atoms. The number of hydrogen-bond acceptors (Lipinski definition) is 5. The molecule has 7 heteroatoms. The summed E-state index contributed by atoms with van der Waals surface area (Å²) in [6.07, 6.45) is -0.374. The summed E-state index contributed by atoms with van der Waals surface area (Å²) in [5.41, 5.74) is 7.83. The van der Waals surface area contributed by atoms with Gasteiger partial charge in [0.1, 0.15) is 6.61 Å². The fourth-order valence-corrected chi connectivity index (χ4v) is 2.15. The maximum Gasteiger partial charge on any atom is 0.414 e. The Balaban J connectivity index is 0.00000133. The number of rotatable bonds is 2. The van der Waals surface area contributed by atoms with Crippen molar-refractivity contribution < 1.29 is 14.1 Å². The topological polar surface area (TPSA) is 81.6 Å². The molecule has 1 aromatic heterocycles. The maximum absolute atomic E-state index is 11.7. The Morgan fingerprint density at radius 1 is 1.53 bits per heavy atom. The van der Waals surface area contributed by atoms with Crippen LogP contribution in [0.15, 0.2) is 22.7 Å². The Morgan fingerprint density at radius 3 is 3.05 bits per heavy atom. The molecule has 0 saturated carbocycles. The van der Waals surface area contributed by atoms with Crippen LogP contribution in [0.2, 0.25) is 0 Å². The van der Waals surface area contributed by atoms with Crippen molar-refractivity contribution in [1.82, 2.24) is 5.16 Å². The molecular weight excluding hydrogens is 270 g/mol. The van der Waals surface area contributed by atoms with Gasteiger partial charge in [0, 0.05) is 18.0 Å². The Morgan fingerprint density at radius 2 is 2.32 bits per heavy atom. The minimum atomic E-state index is -0.374. The number of halogens is 1. The number of nitrogens with two attached hydrogens (primary N) is 1. The third-order valence-corrected chi connectivity index (χ3v) is 3.15. The van der Waals surface area contributed by atoms with Gasteiger partial charge in [-0.2, -0.15) is 0 Å². The summed E-state index contributed by atoms with van der Waals surface area (Å²) >= 11 is 0. The number of aromatic nitrogens is 1. The summed E-state index contributed by atoms with van der Waals surface area (Å²) in [4.78, 5) is 13.2. The first kappa shape index (κ1) is 13.6. The third-order valence-electron chi connectivity index (χ3n) is 3.15. The van der Waals surface area contributed by atoms with Crippen LogP contribution < -0.4 is 10.6 Å². The number of nitrogens with zero attached hydrogens (tertiary/aromatic N) is 2. The Bertz CT molecular complexity index is 613. The molecule has 1 atom stereocenters. The highest BCUT2D eigenvalue weighted by Gasteiger charge is 2.33. The average Bonchev–Trinajstić information content (AvgIpc) is 2.93. The zero-order valence-corrected chi connectivity index (χ0v) is 11.1. The fourth-order valence-electron chi connectivity index (χ4n) is 2.15. The summed E-state index contributed by atoms with van der Waals surface area (Å²) < 4.78 is 10.2. The summed E-state index contributed by atoms with van der Waals surface area (Å²) in [7, 11) is 0. The fraction of sp³-hybridized carbons (Fsp3) is 0.333. The van der Waals surface area contributed by atoms with Gasteiger partial charge in [-0.25, -0.2) is 4.79 Å². The van der Waals surface area contributed by atoms with Crippen molar-refractivity contribution in [2.45, 2.75) is 13.0 Å². The molecule has 1 fully saturated rings. The standard InChI is InChI=1S/C12H13N3O3.ClH/c1-7-10-3-2-8(4-11(10)18-14-7)15-9(5-13)6-17-12(15)16;/h2-4,9H,5-6,13H2,1H3;1H. The number of cyclic esters (lactones) is 1. The molecule has 0 radical (unpaired) electrons. The van der Waals surface area contributed by atoms with Crippen molar-refractivity contribution in [1.29, 1.82) is 0 Å². The molecule has 1 saturated heterocycles. The Hall–Kier alpha value is -1.79. The highest BCUT2D eigenvalue weighted by Crippen LogP contribution is 2.28. The van der Waals surface area contributed by atoms with Crippen molar-refractivity contribution >= 4 is 35.2 Å². The van der Waals surface area contributed by atoms with Crippen molar-refractivity contribution in [3.63, 3.8) is 0 Å². The largest absolute Gasteiger partial charge is 0.447 e. The number of aryl methyl sites for hydroxylation is 1. The molecule has 1 aromatic carbocycles. The van der Waals surface area contributed by atoms with Gasteiger partial charge < -0.3 is 15.0 Å². The molecule has 2 aromatic rings. The molecule has 0 bridgehead atoms. The lowest BCUT2D eigenvalue weighted by atomic mass is 10.2. The van der Waals surface area contributed by atoms with Crippen LogP contribution in [0.25, 0.3) is 11.0 Å². The van der Waals surface area contributed by atoms with Gasteiger partial charge in [-0.15, -0.1) is 12.4 Å². The van der Waals surface area contributed by atoms with Gasteiger partial charge in [0.15, 0.2) is 5.58 Å². The minimum Gasteiger partial charge on any atom is -0.447 e. The average molecular weight is 284 g/mol. The first-order chi connectivity index (χ1) is 8.70. The number of amides is 1. The SMILES string of the molecule is Cc1noc2cc(N3C(=O)OCC3CN)ccc12.Cl. The normalized spacial score (nSPS) is 18.5. The molecule has 1 aliphatic heterocycles. The van der Waals surface area contributed by atoms with Gasteiger partial charge in [0.05, 0.1) is 17.4 Å². The van der Waals surface area contributed by atoms with E-state index in [9.17, 15) is 4.79 Å². The molecule has 6 nitrogen and oxygen atoms in total. The quantitative estimate of drug-likeness (QED) is 0.909. The lowest BCUT2D eigenvalue weighted by Gasteiger charge is -2.19. The van der Waals surface area contributed by atoms with Gasteiger partial charge >= 0.3 is 6.09 Å². The number of benzene rings is 1. The highest BCUT2D eigenvalue weighted by molar-refractivity contribution is 5.93. The summed E-state index contributed by atoms with van der Waals surface area (Å²) in [5, 5.41) is 4.83. The van der Waals surface area contributed by atoms with E-state index in [0.29, 0.717) is 18.7 Å². The maximum atomic E-state index is 11.7. The number of fused-ring (bicyclic) bond motifs is 1. The molecule has 1 amide bonds. The van der Waals surface area contributed by atoms with Crippen LogP contribution in [0.3, 0.4) is 0 Å². The molecule has 102 valence electrons. The van der Waals surface area contributed by atoms with Crippen molar-refractivity contribution in [3.05, 3.63) is 23.9 Å². The van der Waals surface area contributed by atoms with Gasteiger partial charge in [-0.05, 0) is 19.1 Å². The number of carbonyl (C=O) groups excluding carboxylic acids is 1. The van der Waals surface area contributed by atoms with E-state index in [4.69, 9.17) is 15.0 Å². The van der Waals surface area contributed by atoms with Gasteiger partial charge in [-0.3, -0.25) is 4.90 Å². The number of ether oxygens (including phenoxy) is 1. The van der Waals surface area contributed by atoms with E-state index in [1.165, 1.54) is 0 Å². The molecule has 19 heavy (non-hydrogen) atoms. The van der Waals surface area contributed by atoms with Crippen LogP contribution in [0.1, 0.15) is 5.69 Å². The van der Waals surface area contributed by atoms with Crippen LogP contribution in [-0.2, 0) is 4.74 Å². The molecule has 2 heterocycles. The van der Waals surface area contributed by atoms with E-state index in [-0.39, 0.29) is 24.5 Å². The molecule has 0 aliphatic carbocycles. The van der Waals surface area contributed by atoms with E-state index in [1.54, 1.807) is 11.0 Å². The number of hydrogen-bond donors (Lipinski definition) is 1. The Kier molecular flexibility index (Phi) is 3.64. The van der Waals surface area contributed by atoms with Crippen LogP contribution >= 0.6 is 12.4 Å². The second kappa shape index (κ2) is 5.07. The van der Waals surface area contributed by atoms with Gasteiger partial charge in [0.25, 0.3) is 0 Å². The third kappa shape index (κ3) is 2.13. The van der Waals surface area contributed by atoms with Gasteiger partial charge in [-0.1, -0.05) is 5.16 Å². The molecule has 3 rings (SSSR count). The van der Waals surface area contributed by atoms with E-state index in [2.05, 4.69) is 5.16 Å². The molecule has 1 unspecified atom stereocenters. The zero-order valence-electron chi connectivity index (χ0n) is 10.3. The minimum absolute atomic E-state index is 0. The van der Waals surface area contributed by atoms with Crippen LogP contribution in [0, 0.1) is 6.92 Å². The van der Waals surface area contributed by atoms with Crippen LogP contribution in [0.5, 0.6) is 0 Å². The van der Waals surface area contributed by atoms with E-state index < -0.39 is 0 Å². The van der Waals surface area contributed by atoms with E-state index >= 15 is 0 Å². The lowest BCUT2D eigenvalue weighted by Crippen LogP contribution is -2.38. The molecular formula is C12H14ClN3O3. The second-order valence-electron chi connectivity index (χ2n) is 4.28. The van der Waals surface area contributed by atoms with Crippen molar-refractivity contribution in [3.8, 4) is 0 Å². The summed E-state index contributed by atoms with van der Waals surface area (Å²) in [6, 6.07) is 5.39. The molecule has 1 aliphatic rings. The first-order valence-corrected chi connectivity index (χ1v) is 5.73. The predicted octanol–water partition coefficient (Wildman–Crippen LogP) is 1.84. The van der Waals surface area contributed by atoms with Crippen LogP contribution in [-0.4, -0.2) is 30.4 Å². The number of carbonyl (C=O) groups is 1. The van der Waals surface area contributed by atoms with E-state index in [0.717, 1.165) is 16.8 Å². The smallest absolute Gasteiger partial charge is 0.414 e. The Labute approximate surface area is 115 Å². The van der Waals surface area contributed by atoms with Gasteiger partial charge in [0.2, 0.25) is 0 Å². The zero-order chi connectivity index (χ0) is 12.7. The van der Waals surface area contributed by atoms with Crippen LogP contribution in [0.4, 0.5) is 10.5 Å². The predicted molar refractivity (Wildman–Crippen MR) is 72.7 cm³/mol. The molecule has 2 N–H and O–H groups in total.